The van der Waals surface area contributed by atoms with Crippen molar-refractivity contribution >= 4 is 0 Å². The Balaban J connectivity index is 2.01. The number of hydrogen-bond acceptors (Lipinski definition) is 3. The first kappa shape index (κ1) is 6.28. The molecule has 0 aromatic rings. The smallest absolute Gasteiger partial charge is 0.0779 e. The van der Waals surface area contributed by atoms with Gasteiger partial charge in [0, 0.05) is 12.5 Å². The Hall–Kier alpha value is -0.440. The van der Waals surface area contributed by atoms with Crippen molar-refractivity contribution in [2.45, 2.75) is 12.5 Å². The number of rotatable bonds is 0. The summed E-state index contributed by atoms with van der Waals surface area (Å²) in [6.07, 6.45) is 1.21. The first-order valence-corrected chi connectivity index (χ1v) is 3.91. The van der Waals surface area contributed by atoms with Gasteiger partial charge in [0.25, 0.3) is 0 Å². The van der Waals surface area contributed by atoms with Gasteiger partial charge in [-0.1, -0.05) is 0 Å². The molecule has 0 bridgehead atoms. The summed E-state index contributed by atoms with van der Waals surface area (Å²) in [5, 5.41) is 8.25. The molecule has 56 valence electrons. The van der Waals surface area contributed by atoms with Gasteiger partial charge >= 0.3 is 0 Å². The molecule has 3 heteroatoms. The minimum atomic E-state index is 0.566. The fraction of sp³-hybridized carbons (Fsp3) is 1.00. The van der Waals surface area contributed by atoms with Gasteiger partial charge in [0.2, 0.25) is 0 Å². The molecule has 2 atom stereocenters. The number of hydrogen-bond donors (Lipinski definition) is 0. The van der Waals surface area contributed by atoms with Crippen molar-refractivity contribution in [2.75, 3.05) is 26.7 Å². The van der Waals surface area contributed by atoms with E-state index in [0.717, 1.165) is 12.5 Å². The van der Waals surface area contributed by atoms with Crippen LogP contribution in [0.2, 0.25) is 0 Å². The standard InChI is InChI=1S/C7H13N3/c1-10-3-2-7-6(5-10)4-8-9-7/h6-7H,2-5H2,1H3. The summed E-state index contributed by atoms with van der Waals surface area (Å²) in [5.41, 5.74) is 0. The van der Waals surface area contributed by atoms with E-state index in [0.29, 0.717) is 6.04 Å². The van der Waals surface area contributed by atoms with Crippen LogP contribution < -0.4 is 0 Å². The minimum absolute atomic E-state index is 0.566. The molecule has 1 saturated heterocycles. The largest absolute Gasteiger partial charge is 0.306 e. The molecule has 2 heterocycles. The second-order valence-corrected chi connectivity index (χ2v) is 3.32. The lowest BCUT2D eigenvalue weighted by molar-refractivity contribution is 0.206. The van der Waals surface area contributed by atoms with E-state index in [-0.39, 0.29) is 0 Å². The van der Waals surface area contributed by atoms with E-state index in [1.165, 1.54) is 19.5 Å². The summed E-state index contributed by atoms with van der Waals surface area (Å²) in [5.74, 6) is 0.735. The maximum atomic E-state index is 4.19. The Morgan fingerprint density at radius 3 is 3.30 bits per heavy atom. The van der Waals surface area contributed by atoms with Gasteiger partial charge in [0.15, 0.2) is 0 Å². The zero-order chi connectivity index (χ0) is 6.97. The SMILES string of the molecule is CN1CCC2N=NCC2C1. The van der Waals surface area contributed by atoms with E-state index in [2.05, 4.69) is 22.2 Å². The average Bonchev–Trinajstić information content (AvgIpc) is 2.33. The van der Waals surface area contributed by atoms with Crippen LogP contribution in [0.15, 0.2) is 10.2 Å². The van der Waals surface area contributed by atoms with Crippen LogP contribution in [-0.2, 0) is 0 Å². The van der Waals surface area contributed by atoms with E-state index in [1.807, 2.05) is 0 Å². The van der Waals surface area contributed by atoms with Gasteiger partial charge in [-0.15, -0.1) is 0 Å². The van der Waals surface area contributed by atoms with Gasteiger partial charge in [-0.25, -0.2) is 0 Å². The van der Waals surface area contributed by atoms with Gasteiger partial charge in [-0.05, 0) is 20.0 Å². The zero-order valence-electron chi connectivity index (χ0n) is 6.32. The average molecular weight is 139 g/mol. The summed E-state index contributed by atoms with van der Waals surface area (Å²) in [6, 6.07) is 0.566. The van der Waals surface area contributed by atoms with E-state index in [1.54, 1.807) is 0 Å². The predicted octanol–water partition coefficient (Wildman–Crippen LogP) is 0.772. The van der Waals surface area contributed by atoms with Crippen molar-refractivity contribution in [1.29, 1.82) is 0 Å². The van der Waals surface area contributed by atoms with Crippen LogP contribution in [0.4, 0.5) is 0 Å². The van der Waals surface area contributed by atoms with Crippen LogP contribution in [0, 0.1) is 5.92 Å². The highest BCUT2D eigenvalue weighted by molar-refractivity contribution is 4.87. The molecule has 3 nitrogen and oxygen atoms in total. The van der Waals surface area contributed by atoms with Crippen molar-refractivity contribution < 1.29 is 0 Å². The molecule has 0 aromatic carbocycles. The Labute approximate surface area is 61.1 Å². The molecule has 2 unspecified atom stereocenters. The second-order valence-electron chi connectivity index (χ2n) is 3.32. The molecule has 0 aliphatic carbocycles. The predicted molar refractivity (Wildman–Crippen MR) is 39.1 cm³/mol. The van der Waals surface area contributed by atoms with Crippen molar-refractivity contribution in [3.05, 3.63) is 0 Å². The number of piperidine rings is 1. The van der Waals surface area contributed by atoms with Crippen LogP contribution in [0.3, 0.4) is 0 Å². The number of likely N-dealkylation sites (tertiary alicyclic amines) is 1. The fourth-order valence-corrected chi connectivity index (χ4v) is 1.79. The molecule has 0 N–H and O–H groups in total. The Bertz CT molecular complexity index is 155. The molecule has 2 aliphatic rings. The van der Waals surface area contributed by atoms with Crippen molar-refractivity contribution in [3.63, 3.8) is 0 Å². The van der Waals surface area contributed by atoms with Crippen molar-refractivity contribution in [1.82, 2.24) is 4.90 Å². The maximum absolute atomic E-state index is 4.19. The first-order valence-electron chi connectivity index (χ1n) is 3.91. The van der Waals surface area contributed by atoms with Crippen LogP contribution in [0.5, 0.6) is 0 Å². The van der Waals surface area contributed by atoms with Gasteiger partial charge < -0.3 is 4.90 Å². The monoisotopic (exact) mass is 139 g/mol. The Kier molecular flexibility index (Phi) is 1.45. The fourth-order valence-electron chi connectivity index (χ4n) is 1.79. The quantitative estimate of drug-likeness (QED) is 0.487. The van der Waals surface area contributed by atoms with Gasteiger partial charge in [0.05, 0.1) is 12.6 Å². The summed E-state index contributed by atoms with van der Waals surface area (Å²) in [7, 11) is 2.18. The summed E-state index contributed by atoms with van der Waals surface area (Å²) in [6.45, 7) is 3.35. The molecule has 2 rings (SSSR count). The van der Waals surface area contributed by atoms with Crippen LogP contribution in [-0.4, -0.2) is 37.6 Å². The molecule has 2 aliphatic heterocycles. The highest BCUT2D eigenvalue weighted by atomic mass is 15.2. The Morgan fingerprint density at radius 2 is 2.40 bits per heavy atom. The molecule has 10 heavy (non-hydrogen) atoms. The van der Waals surface area contributed by atoms with E-state index in [4.69, 9.17) is 0 Å². The van der Waals surface area contributed by atoms with Gasteiger partial charge in [-0.2, -0.15) is 10.2 Å². The zero-order valence-corrected chi connectivity index (χ0v) is 6.32. The third kappa shape index (κ3) is 0.944. The molecule has 0 spiro atoms. The minimum Gasteiger partial charge on any atom is -0.306 e. The van der Waals surface area contributed by atoms with E-state index < -0.39 is 0 Å². The van der Waals surface area contributed by atoms with Gasteiger partial charge in [-0.3, -0.25) is 0 Å². The van der Waals surface area contributed by atoms with Crippen LogP contribution in [0.1, 0.15) is 6.42 Å². The lowest BCUT2D eigenvalue weighted by Gasteiger charge is -2.29. The van der Waals surface area contributed by atoms with Crippen molar-refractivity contribution in [2.24, 2.45) is 16.1 Å². The third-order valence-corrected chi connectivity index (χ3v) is 2.44. The highest BCUT2D eigenvalue weighted by Gasteiger charge is 2.30. The normalized spacial score (nSPS) is 40.1. The van der Waals surface area contributed by atoms with Crippen molar-refractivity contribution in [3.8, 4) is 0 Å². The molecular formula is C7H13N3. The number of nitrogens with zero attached hydrogens (tertiary/aromatic N) is 3. The lowest BCUT2D eigenvalue weighted by Crippen LogP contribution is -2.39. The topological polar surface area (TPSA) is 28.0 Å². The van der Waals surface area contributed by atoms with Crippen LogP contribution >= 0.6 is 0 Å². The molecule has 0 saturated carbocycles. The summed E-state index contributed by atoms with van der Waals surface area (Å²) < 4.78 is 0. The first-order chi connectivity index (χ1) is 4.86. The van der Waals surface area contributed by atoms with E-state index in [9.17, 15) is 0 Å². The number of azo groups is 1. The highest BCUT2D eigenvalue weighted by Crippen LogP contribution is 2.24. The third-order valence-electron chi connectivity index (χ3n) is 2.44. The van der Waals surface area contributed by atoms with Gasteiger partial charge in [0.1, 0.15) is 0 Å². The second kappa shape index (κ2) is 2.31. The molecule has 0 aromatic heterocycles. The summed E-state index contributed by atoms with van der Waals surface area (Å²) in [4.78, 5) is 2.37. The summed E-state index contributed by atoms with van der Waals surface area (Å²) >= 11 is 0. The maximum Gasteiger partial charge on any atom is 0.0779 e. The van der Waals surface area contributed by atoms with E-state index >= 15 is 0 Å². The molecule has 0 radical (unpaired) electrons. The van der Waals surface area contributed by atoms with Crippen LogP contribution in [0.25, 0.3) is 0 Å². The lowest BCUT2D eigenvalue weighted by atomic mass is 9.94. The number of fused-ring (bicyclic) bond motifs is 1. The molecule has 1 fully saturated rings. The molecule has 0 amide bonds. The molecular weight excluding hydrogens is 126 g/mol. The Morgan fingerprint density at radius 1 is 1.50 bits per heavy atom.